The monoisotopic (exact) mass is 354 g/mol. The minimum absolute atomic E-state index is 0.402. The Morgan fingerprint density at radius 2 is 2.27 bits per heavy atom. The molecule has 1 fully saturated rings. The van der Waals surface area contributed by atoms with E-state index in [1.54, 1.807) is 12.5 Å². The highest BCUT2D eigenvalue weighted by atomic mass is 16.5. The molecule has 2 aromatic heterocycles. The standard InChI is InChI=1S/C19H26N6O/c1-14-4-8-24(11-15-5-9-25(26)10-6-15)12-17(14)23(2)19-16-3-7-20-18(16)21-13-22-19/h3,5-7,9,13-14,17,26H,4,8,10-12H2,1-2H3,(H,20,21,22). The molecular formula is C19H26N6O. The molecule has 1 saturated heterocycles. The number of likely N-dealkylation sites (tertiary alicyclic amines) is 1. The van der Waals surface area contributed by atoms with Crippen LogP contribution >= 0.6 is 0 Å². The van der Waals surface area contributed by atoms with Crippen LogP contribution in [0.1, 0.15) is 13.3 Å². The molecule has 0 bridgehead atoms. The van der Waals surface area contributed by atoms with E-state index in [4.69, 9.17) is 0 Å². The first-order chi connectivity index (χ1) is 12.6. The van der Waals surface area contributed by atoms with Gasteiger partial charge in [0.15, 0.2) is 0 Å². The van der Waals surface area contributed by atoms with Gasteiger partial charge in [-0.1, -0.05) is 13.0 Å². The summed E-state index contributed by atoms with van der Waals surface area (Å²) in [6, 6.07) is 2.45. The number of hydrogen-bond donors (Lipinski definition) is 2. The summed E-state index contributed by atoms with van der Waals surface area (Å²) in [5.74, 6) is 1.59. The highest BCUT2D eigenvalue weighted by Gasteiger charge is 2.31. The predicted octanol–water partition coefficient (Wildman–Crippen LogP) is 2.25. The predicted molar refractivity (Wildman–Crippen MR) is 102 cm³/mol. The summed E-state index contributed by atoms with van der Waals surface area (Å²) in [5.41, 5.74) is 2.15. The average Bonchev–Trinajstić information content (AvgIpc) is 3.13. The van der Waals surface area contributed by atoms with Crippen LogP contribution in [0.4, 0.5) is 5.82 Å². The topological polar surface area (TPSA) is 71.5 Å². The molecule has 0 radical (unpaired) electrons. The molecule has 2 aliphatic heterocycles. The molecule has 0 aliphatic carbocycles. The van der Waals surface area contributed by atoms with Crippen molar-refractivity contribution in [2.24, 2.45) is 5.92 Å². The SMILES string of the molecule is CC1CCN(CC2=CCN(O)C=C2)CC1N(C)c1ncnc2[nH]ccc12. The lowest BCUT2D eigenvalue weighted by atomic mass is 9.92. The fourth-order valence-electron chi connectivity index (χ4n) is 3.96. The van der Waals surface area contributed by atoms with Crippen LogP contribution < -0.4 is 4.90 Å². The van der Waals surface area contributed by atoms with Gasteiger partial charge in [-0.3, -0.25) is 15.2 Å². The first-order valence-corrected chi connectivity index (χ1v) is 9.18. The molecule has 7 heteroatoms. The van der Waals surface area contributed by atoms with Crippen molar-refractivity contribution >= 4 is 16.9 Å². The molecule has 0 saturated carbocycles. The van der Waals surface area contributed by atoms with E-state index < -0.39 is 0 Å². The Kier molecular flexibility index (Phi) is 4.65. The number of hydroxylamine groups is 2. The van der Waals surface area contributed by atoms with Crippen molar-refractivity contribution in [1.82, 2.24) is 24.9 Å². The lowest BCUT2D eigenvalue weighted by Gasteiger charge is -2.42. The first-order valence-electron chi connectivity index (χ1n) is 9.18. The molecule has 2 atom stereocenters. The normalized spacial score (nSPS) is 24.1. The number of aromatic amines is 1. The fourth-order valence-corrected chi connectivity index (χ4v) is 3.96. The molecule has 2 unspecified atom stereocenters. The molecule has 4 rings (SSSR count). The molecule has 26 heavy (non-hydrogen) atoms. The maximum Gasteiger partial charge on any atom is 0.142 e. The maximum absolute atomic E-state index is 9.44. The summed E-state index contributed by atoms with van der Waals surface area (Å²) in [7, 11) is 2.14. The van der Waals surface area contributed by atoms with Gasteiger partial charge in [-0.05, 0) is 36.6 Å². The zero-order valence-electron chi connectivity index (χ0n) is 15.3. The van der Waals surface area contributed by atoms with Crippen molar-refractivity contribution in [2.75, 3.05) is 38.1 Å². The molecular weight excluding hydrogens is 328 g/mol. The zero-order valence-corrected chi connectivity index (χ0v) is 15.3. The Morgan fingerprint density at radius 1 is 1.38 bits per heavy atom. The van der Waals surface area contributed by atoms with E-state index in [1.165, 1.54) is 17.1 Å². The molecule has 4 heterocycles. The number of hydrogen-bond acceptors (Lipinski definition) is 6. The van der Waals surface area contributed by atoms with E-state index in [2.05, 4.69) is 44.8 Å². The molecule has 2 aliphatic rings. The average molecular weight is 354 g/mol. The number of H-pyrrole nitrogens is 1. The number of fused-ring (bicyclic) bond motifs is 1. The van der Waals surface area contributed by atoms with Crippen LogP contribution in [0.5, 0.6) is 0 Å². The smallest absolute Gasteiger partial charge is 0.142 e. The van der Waals surface area contributed by atoms with Gasteiger partial charge in [-0.25, -0.2) is 9.97 Å². The van der Waals surface area contributed by atoms with Crippen LogP contribution in [0.3, 0.4) is 0 Å². The van der Waals surface area contributed by atoms with Gasteiger partial charge in [-0.2, -0.15) is 0 Å². The highest BCUT2D eigenvalue weighted by Crippen LogP contribution is 2.29. The molecule has 0 aromatic carbocycles. The van der Waals surface area contributed by atoms with Gasteiger partial charge in [0.25, 0.3) is 0 Å². The number of piperidine rings is 1. The van der Waals surface area contributed by atoms with Crippen LogP contribution in [-0.2, 0) is 0 Å². The second-order valence-electron chi connectivity index (χ2n) is 7.33. The van der Waals surface area contributed by atoms with E-state index in [0.717, 1.165) is 36.5 Å². The van der Waals surface area contributed by atoms with Crippen molar-refractivity contribution in [3.05, 3.63) is 42.5 Å². The molecule has 2 N–H and O–H groups in total. The Bertz CT molecular complexity index is 828. The minimum atomic E-state index is 0.402. The van der Waals surface area contributed by atoms with E-state index in [0.29, 0.717) is 18.5 Å². The van der Waals surface area contributed by atoms with E-state index in [-0.39, 0.29) is 0 Å². The molecule has 7 nitrogen and oxygen atoms in total. The third-order valence-electron chi connectivity index (χ3n) is 5.57. The largest absolute Gasteiger partial charge is 0.354 e. The summed E-state index contributed by atoms with van der Waals surface area (Å²) >= 11 is 0. The molecule has 138 valence electrons. The Hall–Kier alpha value is -2.38. The van der Waals surface area contributed by atoms with Crippen molar-refractivity contribution in [3.63, 3.8) is 0 Å². The lowest BCUT2D eigenvalue weighted by molar-refractivity contribution is -0.0307. The van der Waals surface area contributed by atoms with Gasteiger partial charge in [0, 0.05) is 38.6 Å². The number of likely N-dealkylation sites (N-methyl/N-ethyl adjacent to an activating group) is 1. The third-order valence-corrected chi connectivity index (χ3v) is 5.57. The number of aromatic nitrogens is 3. The number of nitrogens with zero attached hydrogens (tertiary/aromatic N) is 5. The van der Waals surface area contributed by atoms with E-state index in [1.807, 2.05) is 18.3 Å². The summed E-state index contributed by atoms with van der Waals surface area (Å²) in [5, 5.41) is 11.7. The molecule has 0 amide bonds. The van der Waals surface area contributed by atoms with Gasteiger partial charge in [0.05, 0.1) is 11.9 Å². The summed E-state index contributed by atoms with van der Waals surface area (Å²) in [4.78, 5) is 16.8. The quantitative estimate of drug-likeness (QED) is 0.877. The van der Waals surface area contributed by atoms with Crippen molar-refractivity contribution < 1.29 is 5.21 Å². The Labute approximate surface area is 153 Å². The summed E-state index contributed by atoms with van der Waals surface area (Å²) in [6.45, 7) is 5.92. The third kappa shape index (κ3) is 3.32. The molecule has 0 spiro atoms. The summed E-state index contributed by atoms with van der Waals surface area (Å²) in [6.07, 6.45) is 10.5. The lowest BCUT2D eigenvalue weighted by Crippen LogP contribution is -2.51. The van der Waals surface area contributed by atoms with Crippen LogP contribution in [0.2, 0.25) is 0 Å². The van der Waals surface area contributed by atoms with Crippen LogP contribution in [0.15, 0.2) is 42.5 Å². The van der Waals surface area contributed by atoms with Gasteiger partial charge in [0.1, 0.15) is 17.8 Å². The summed E-state index contributed by atoms with van der Waals surface area (Å²) < 4.78 is 0. The van der Waals surface area contributed by atoms with Crippen molar-refractivity contribution in [1.29, 1.82) is 0 Å². The van der Waals surface area contributed by atoms with Gasteiger partial charge in [-0.15, -0.1) is 0 Å². The van der Waals surface area contributed by atoms with Crippen LogP contribution in [-0.4, -0.2) is 69.4 Å². The first kappa shape index (κ1) is 17.1. The highest BCUT2D eigenvalue weighted by molar-refractivity contribution is 5.87. The number of rotatable bonds is 4. The van der Waals surface area contributed by atoms with Gasteiger partial charge < -0.3 is 9.88 Å². The van der Waals surface area contributed by atoms with Gasteiger partial charge >= 0.3 is 0 Å². The maximum atomic E-state index is 9.44. The Morgan fingerprint density at radius 3 is 3.08 bits per heavy atom. The second-order valence-corrected chi connectivity index (χ2v) is 7.33. The van der Waals surface area contributed by atoms with Crippen LogP contribution in [0, 0.1) is 5.92 Å². The zero-order chi connectivity index (χ0) is 18.1. The van der Waals surface area contributed by atoms with Crippen LogP contribution in [0.25, 0.3) is 11.0 Å². The van der Waals surface area contributed by atoms with Crippen molar-refractivity contribution in [2.45, 2.75) is 19.4 Å². The van der Waals surface area contributed by atoms with Gasteiger partial charge in [0.2, 0.25) is 0 Å². The second kappa shape index (κ2) is 7.09. The van der Waals surface area contributed by atoms with E-state index >= 15 is 0 Å². The van der Waals surface area contributed by atoms with E-state index in [9.17, 15) is 5.21 Å². The minimum Gasteiger partial charge on any atom is -0.354 e. The van der Waals surface area contributed by atoms with Crippen molar-refractivity contribution in [3.8, 4) is 0 Å². The number of anilines is 1. The Balaban J connectivity index is 1.50. The number of nitrogens with one attached hydrogen (secondary N) is 1. The fraction of sp³-hybridized carbons (Fsp3) is 0.474. The molecule has 2 aromatic rings.